The maximum absolute atomic E-state index is 5.62. The maximum Gasteiger partial charge on any atom is 0.119 e. The molecule has 2 aromatic carbocycles. The Balaban J connectivity index is 1.94. The third kappa shape index (κ3) is 4.74. The third-order valence-corrected chi connectivity index (χ3v) is 3.16. The van der Waals surface area contributed by atoms with E-state index in [1.165, 1.54) is 0 Å². The molecule has 0 radical (unpaired) electrons. The summed E-state index contributed by atoms with van der Waals surface area (Å²) >= 11 is 4.25. The van der Waals surface area contributed by atoms with E-state index < -0.39 is 0 Å². The highest BCUT2D eigenvalue weighted by Crippen LogP contribution is 2.16. The monoisotopic (exact) mass is 285 g/mol. The quantitative estimate of drug-likeness (QED) is 0.455. The summed E-state index contributed by atoms with van der Waals surface area (Å²) in [6.45, 7) is 2.93. The predicted octanol–water partition coefficient (Wildman–Crippen LogP) is 4.90. The van der Waals surface area contributed by atoms with E-state index in [9.17, 15) is 0 Å². The number of rotatable bonds is 6. The molecular weight excluding hydrogens is 266 g/mol. The van der Waals surface area contributed by atoms with Crippen LogP contribution in [0.2, 0.25) is 0 Å². The summed E-state index contributed by atoms with van der Waals surface area (Å²) in [5.41, 5.74) is 1.98. The minimum absolute atomic E-state index is 0.778. The molecule has 0 heterocycles. The highest BCUT2D eigenvalue weighted by molar-refractivity contribution is 7.80. The van der Waals surface area contributed by atoms with Crippen molar-refractivity contribution in [2.24, 2.45) is 4.99 Å². The molecule has 0 unspecified atom stereocenters. The topological polar surface area (TPSA) is 21.6 Å². The average molecular weight is 285 g/mol. The van der Waals surface area contributed by atoms with E-state index in [0.29, 0.717) is 0 Å². The van der Waals surface area contributed by atoms with E-state index in [1.807, 2.05) is 54.7 Å². The van der Waals surface area contributed by atoms with Crippen LogP contribution >= 0.6 is 12.6 Å². The van der Waals surface area contributed by atoms with Gasteiger partial charge in [-0.15, -0.1) is 12.6 Å². The van der Waals surface area contributed by atoms with Gasteiger partial charge in [0.2, 0.25) is 0 Å². The lowest BCUT2D eigenvalue weighted by molar-refractivity contribution is 0.309. The molecule has 3 heteroatoms. The van der Waals surface area contributed by atoms with Crippen molar-refractivity contribution in [1.82, 2.24) is 0 Å². The highest BCUT2D eigenvalue weighted by Gasteiger charge is 1.94. The van der Waals surface area contributed by atoms with Gasteiger partial charge in [-0.3, -0.25) is 4.99 Å². The van der Waals surface area contributed by atoms with Gasteiger partial charge in [0.05, 0.1) is 12.3 Å². The van der Waals surface area contributed by atoms with Crippen molar-refractivity contribution in [3.8, 4) is 5.75 Å². The van der Waals surface area contributed by atoms with Crippen molar-refractivity contribution < 1.29 is 4.74 Å². The van der Waals surface area contributed by atoms with Gasteiger partial charge in [0, 0.05) is 11.1 Å². The van der Waals surface area contributed by atoms with Gasteiger partial charge in [-0.25, -0.2) is 0 Å². The average Bonchev–Trinajstić information content (AvgIpc) is 2.48. The smallest absolute Gasteiger partial charge is 0.119 e. The van der Waals surface area contributed by atoms with Gasteiger partial charge in [-0.1, -0.05) is 13.3 Å². The molecule has 0 saturated carbocycles. The Kier molecular flexibility index (Phi) is 5.69. The normalized spacial score (nSPS) is 10.9. The van der Waals surface area contributed by atoms with E-state index in [2.05, 4.69) is 24.5 Å². The van der Waals surface area contributed by atoms with Crippen LogP contribution in [0.3, 0.4) is 0 Å². The van der Waals surface area contributed by atoms with Crippen LogP contribution in [0.4, 0.5) is 5.69 Å². The van der Waals surface area contributed by atoms with Gasteiger partial charge < -0.3 is 4.74 Å². The van der Waals surface area contributed by atoms with Crippen LogP contribution in [0, 0.1) is 0 Å². The van der Waals surface area contributed by atoms with Crippen LogP contribution < -0.4 is 4.74 Å². The summed E-state index contributed by atoms with van der Waals surface area (Å²) in [5.74, 6) is 0.912. The summed E-state index contributed by atoms with van der Waals surface area (Å²) in [6, 6.07) is 15.7. The molecule has 2 nitrogen and oxygen atoms in total. The lowest BCUT2D eigenvalue weighted by Gasteiger charge is -2.04. The maximum atomic E-state index is 5.62. The van der Waals surface area contributed by atoms with Crippen molar-refractivity contribution in [2.45, 2.75) is 24.7 Å². The highest BCUT2D eigenvalue weighted by atomic mass is 32.1. The molecule has 0 aliphatic heterocycles. The van der Waals surface area contributed by atoms with Crippen LogP contribution in [-0.2, 0) is 0 Å². The molecular formula is C17H19NOS. The van der Waals surface area contributed by atoms with E-state index in [-0.39, 0.29) is 0 Å². The lowest BCUT2D eigenvalue weighted by Crippen LogP contribution is -1.96. The van der Waals surface area contributed by atoms with E-state index in [0.717, 1.165) is 41.3 Å². The standard InChI is InChI=1S/C17H19NOS/c1-2-3-12-19-16-8-4-14(5-9-16)13-18-15-6-10-17(20)11-7-15/h4-11,13,20H,2-3,12H2,1H3. The summed E-state index contributed by atoms with van der Waals surface area (Å²) < 4.78 is 5.62. The zero-order chi connectivity index (χ0) is 14.2. The van der Waals surface area contributed by atoms with Gasteiger partial charge in [0.15, 0.2) is 0 Å². The molecule has 0 aliphatic carbocycles. The van der Waals surface area contributed by atoms with Crippen molar-refractivity contribution in [3.05, 3.63) is 54.1 Å². The van der Waals surface area contributed by atoms with Crippen LogP contribution in [0.5, 0.6) is 5.75 Å². The van der Waals surface area contributed by atoms with E-state index in [1.54, 1.807) is 0 Å². The number of benzene rings is 2. The van der Waals surface area contributed by atoms with Crippen LogP contribution in [0.15, 0.2) is 58.4 Å². The van der Waals surface area contributed by atoms with Gasteiger partial charge >= 0.3 is 0 Å². The summed E-state index contributed by atoms with van der Waals surface area (Å²) in [7, 11) is 0. The predicted molar refractivity (Wildman–Crippen MR) is 87.8 cm³/mol. The molecule has 0 atom stereocenters. The Labute approximate surface area is 125 Å². The Bertz CT molecular complexity index is 546. The number of unbranched alkanes of at least 4 members (excludes halogenated alkanes) is 1. The Morgan fingerprint density at radius 1 is 1.05 bits per heavy atom. The summed E-state index contributed by atoms with van der Waals surface area (Å²) in [5, 5.41) is 0. The second kappa shape index (κ2) is 7.75. The summed E-state index contributed by atoms with van der Waals surface area (Å²) in [6.07, 6.45) is 4.09. The second-order valence-corrected chi connectivity index (χ2v) is 5.06. The fraction of sp³-hybridized carbons (Fsp3) is 0.235. The van der Waals surface area contributed by atoms with Crippen molar-refractivity contribution >= 4 is 24.5 Å². The van der Waals surface area contributed by atoms with Crippen LogP contribution in [0.1, 0.15) is 25.3 Å². The van der Waals surface area contributed by atoms with Crippen LogP contribution in [0.25, 0.3) is 0 Å². The second-order valence-electron chi connectivity index (χ2n) is 4.55. The first-order valence-corrected chi connectivity index (χ1v) is 7.28. The molecule has 2 rings (SSSR count). The molecule has 20 heavy (non-hydrogen) atoms. The van der Waals surface area contributed by atoms with Crippen LogP contribution in [-0.4, -0.2) is 12.8 Å². The Morgan fingerprint density at radius 3 is 2.40 bits per heavy atom. The van der Waals surface area contributed by atoms with Gasteiger partial charge in [-0.05, 0) is 60.5 Å². The van der Waals surface area contributed by atoms with Crippen molar-refractivity contribution in [1.29, 1.82) is 0 Å². The van der Waals surface area contributed by atoms with Gasteiger partial charge in [-0.2, -0.15) is 0 Å². The number of hydrogen-bond acceptors (Lipinski definition) is 3. The Morgan fingerprint density at radius 2 is 1.75 bits per heavy atom. The molecule has 104 valence electrons. The SMILES string of the molecule is CCCCOc1ccc(C=Nc2ccc(S)cc2)cc1. The summed E-state index contributed by atoms with van der Waals surface area (Å²) in [4.78, 5) is 5.37. The molecule has 0 fully saturated rings. The number of ether oxygens (including phenoxy) is 1. The van der Waals surface area contributed by atoms with Crippen molar-refractivity contribution in [3.63, 3.8) is 0 Å². The molecule has 2 aromatic rings. The first-order valence-electron chi connectivity index (χ1n) is 6.84. The first kappa shape index (κ1) is 14.7. The fourth-order valence-corrected chi connectivity index (χ4v) is 1.82. The number of thiol groups is 1. The Hall–Kier alpha value is -1.74. The molecule has 0 N–H and O–H groups in total. The van der Waals surface area contributed by atoms with E-state index in [4.69, 9.17) is 4.74 Å². The van der Waals surface area contributed by atoms with Gasteiger partial charge in [0.1, 0.15) is 5.75 Å². The lowest BCUT2D eigenvalue weighted by atomic mass is 10.2. The minimum Gasteiger partial charge on any atom is -0.494 e. The number of nitrogens with zero attached hydrogens (tertiary/aromatic N) is 1. The first-order chi connectivity index (χ1) is 9.78. The largest absolute Gasteiger partial charge is 0.494 e. The molecule has 0 amide bonds. The zero-order valence-corrected chi connectivity index (χ0v) is 12.5. The third-order valence-electron chi connectivity index (χ3n) is 2.86. The van der Waals surface area contributed by atoms with Gasteiger partial charge in [0.25, 0.3) is 0 Å². The zero-order valence-electron chi connectivity index (χ0n) is 11.6. The van der Waals surface area contributed by atoms with E-state index >= 15 is 0 Å². The molecule has 0 saturated heterocycles. The molecule has 0 aliphatic rings. The fourth-order valence-electron chi connectivity index (χ4n) is 1.67. The minimum atomic E-state index is 0.778. The molecule has 0 bridgehead atoms. The number of aliphatic imine (C=N–C) groups is 1. The number of hydrogen-bond donors (Lipinski definition) is 1. The van der Waals surface area contributed by atoms with Crippen molar-refractivity contribution in [2.75, 3.05) is 6.61 Å². The molecule has 0 spiro atoms. The molecule has 0 aromatic heterocycles.